The number of carbonyl (C=O) groups is 1. The minimum absolute atomic E-state index is 0.0366. The van der Waals surface area contributed by atoms with Gasteiger partial charge in [-0.1, -0.05) is 18.2 Å². The number of carboxylic acids is 1. The molecule has 1 aromatic carbocycles. The van der Waals surface area contributed by atoms with Gasteiger partial charge in [0, 0.05) is 17.8 Å². The van der Waals surface area contributed by atoms with Crippen molar-refractivity contribution in [3.63, 3.8) is 0 Å². The molecule has 0 atom stereocenters. The highest BCUT2D eigenvalue weighted by Crippen LogP contribution is 2.20. The van der Waals surface area contributed by atoms with Crippen molar-refractivity contribution >= 4 is 16.9 Å². The summed E-state index contributed by atoms with van der Waals surface area (Å²) in [5.74, 6) is -1.06. The molecule has 3 rings (SSSR count). The topological polar surface area (TPSA) is 72.9 Å². The fourth-order valence-electron chi connectivity index (χ4n) is 2.18. The lowest BCUT2D eigenvalue weighted by Crippen LogP contribution is -2.10. The molecule has 0 aliphatic heterocycles. The molecule has 0 saturated carbocycles. The number of imidazole rings is 1. The van der Waals surface area contributed by atoms with Crippen molar-refractivity contribution in [3.05, 3.63) is 48.2 Å². The van der Waals surface area contributed by atoms with Crippen molar-refractivity contribution in [2.75, 3.05) is 0 Å². The predicted octanol–water partition coefficient (Wildman–Crippen LogP) is 2.37. The zero-order valence-electron chi connectivity index (χ0n) is 10.6. The van der Waals surface area contributed by atoms with Crippen molar-refractivity contribution in [1.82, 2.24) is 19.3 Å². The molecule has 0 unspecified atom stereocenters. The second-order valence-corrected chi connectivity index (χ2v) is 4.36. The number of alkyl halides is 2. The van der Waals surface area contributed by atoms with Crippen LogP contribution in [0.1, 0.15) is 22.9 Å². The average molecular weight is 292 g/mol. The van der Waals surface area contributed by atoms with E-state index in [9.17, 15) is 13.6 Å². The maximum absolute atomic E-state index is 12.8. The highest BCUT2D eigenvalue weighted by molar-refractivity contribution is 6.01. The highest BCUT2D eigenvalue weighted by atomic mass is 19.3. The molecule has 6 nitrogen and oxygen atoms in total. The molecule has 2 aromatic heterocycles. The third kappa shape index (κ3) is 2.24. The van der Waals surface area contributed by atoms with E-state index in [-0.39, 0.29) is 18.1 Å². The van der Waals surface area contributed by atoms with Crippen molar-refractivity contribution in [1.29, 1.82) is 0 Å². The minimum atomic E-state index is -2.71. The first kappa shape index (κ1) is 13.2. The van der Waals surface area contributed by atoms with Crippen LogP contribution in [0.4, 0.5) is 8.78 Å². The molecule has 1 N–H and O–H groups in total. The Morgan fingerprint density at radius 2 is 2.10 bits per heavy atom. The fraction of sp³-hybridized carbons (Fsp3) is 0.154. The van der Waals surface area contributed by atoms with Crippen LogP contribution in [0.3, 0.4) is 0 Å². The first-order valence-electron chi connectivity index (χ1n) is 6.06. The van der Waals surface area contributed by atoms with Gasteiger partial charge in [-0.25, -0.2) is 9.78 Å². The maximum atomic E-state index is 12.8. The standard InChI is InChI=1S/C13H10F2N4O2/c14-13(15)18-6-5-16-10(18)7-19-9-4-2-1-3-8(9)11(17-19)12(20)21/h1-6,13H,7H2,(H,20,21). The molecule has 0 fully saturated rings. The van der Waals surface area contributed by atoms with Gasteiger partial charge >= 0.3 is 12.5 Å². The van der Waals surface area contributed by atoms with Crippen LogP contribution in [0.25, 0.3) is 10.9 Å². The summed E-state index contributed by atoms with van der Waals surface area (Å²) in [5, 5.41) is 13.6. The molecule has 0 saturated heterocycles. The molecule has 0 amide bonds. The Kier molecular flexibility index (Phi) is 3.13. The number of benzene rings is 1. The van der Waals surface area contributed by atoms with Crippen LogP contribution in [-0.2, 0) is 6.54 Å². The van der Waals surface area contributed by atoms with Crippen LogP contribution in [-0.4, -0.2) is 30.4 Å². The smallest absolute Gasteiger partial charge is 0.357 e. The number of para-hydroxylation sites is 1. The molecule has 0 radical (unpaired) electrons. The van der Waals surface area contributed by atoms with Crippen LogP contribution in [0.5, 0.6) is 0 Å². The first-order valence-corrected chi connectivity index (χ1v) is 6.06. The first-order chi connectivity index (χ1) is 10.1. The van der Waals surface area contributed by atoms with Gasteiger partial charge < -0.3 is 5.11 Å². The van der Waals surface area contributed by atoms with E-state index < -0.39 is 12.5 Å². The molecule has 3 aromatic rings. The summed E-state index contributed by atoms with van der Waals surface area (Å²) in [4.78, 5) is 15.1. The van der Waals surface area contributed by atoms with Crippen molar-refractivity contribution in [3.8, 4) is 0 Å². The van der Waals surface area contributed by atoms with Gasteiger partial charge in [-0.2, -0.15) is 13.9 Å². The summed E-state index contributed by atoms with van der Waals surface area (Å²) in [6, 6.07) is 6.74. The monoisotopic (exact) mass is 292 g/mol. The summed E-state index contributed by atoms with van der Waals surface area (Å²) in [5.41, 5.74) is 0.444. The molecular weight excluding hydrogens is 282 g/mol. The number of aromatic carboxylic acids is 1. The van der Waals surface area contributed by atoms with Gasteiger partial charge in [0.15, 0.2) is 5.69 Å². The average Bonchev–Trinajstić information content (AvgIpc) is 3.04. The van der Waals surface area contributed by atoms with Crippen LogP contribution in [0, 0.1) is 0 Å². The lowest BCUT2D eigenvalue weighted by atomic mass is 10.2. The molecule has 2 heterocycles. The zero-order chi connectivity index (χ0) is 15.0. The lowest BCUT2D eigenvalue weighted by molar-refractivity contribution is 0.0660. The second-order valence-electron chi connectivity index (χ2n) is 4.36. The van der Waals surface area contributed by atoms with E-state index in [1.54, 1.807) is 24.3 Å². The number of halogens is 2. The van der Waals surface area contributed by atoms with Gasteiger partial charge in [0.05, 0.1) is 12.1 Å². The van der Waals surface area contributed by atoms with E-state index in [1.165, 1.54) is 17.1 Å². The van der Waals surface area contributed by atoms with Crippen molar-refractivity contribution < 1.29 is 18.7 Å². The van der Waals surface area contributed by atoms with Gasteiger partial charge in [-0.15, -0.1) is 0 Å². The van der Waals surface area contributed by atoms with E-state index in [1.807, 2.05) is 0 Å². The number of rotatable bonds is 4. The van der Waals surface area contributed by atoms with Gasteiger partial charge in [-0.05, 0) is 6.07 Å². The molecule has 0 spiro atoms. The SMILES string of the molecule is O=C(O)c1nn(Cc2nccn2C(F)F)c2ccccc12. The van der Waals surface area contributed by atoms with Gasteiger partial charge in [0.2, 0.25) is 0 Å². The number of carboxylic acid groups (broad SMARTS) is 1. The Balaban J connectivity index is 2.09. The normalized spacial score (nSPS) is 11.4. The maximum Gasteiger partial charge on any atom is 0.357 e. The number of hydrogen-bond acceptors (Lipinski definition) is 3. The van der Waals surface area contributed by atoms with Crippen LogP contribution in [0.15, 0.2) is 36.7 Å². The number of aromatic nitrogens is 4. The third-order valence-electron chi connectivity index (χ3n) is 3.11. The summed E-state index contributed by atoms with van der Waals surface area (Å²) >= 11 is 0. The van der Waals surface area contributed by atoms with Crippen molar-refractivity contribution in [2.45, 2.75) is 13.1 Å². The van der Waals surface area contributed by atoms with Crippen LogP contribution < -0.4 is 0 Å². The minimum Gasteiger partial charge on any atom is -0.476 e. The molecular formula is C13H10F2N4O2. The Labute approximate surface area is 117 Å². The van der Waals surface area contributed by atoms with Crippen molar-refractivity contribution in [2.24, 2.45) is 0 Å². The molecule has 0 aliphatic carbocycles. The molecule has 108 valence electrons. The number of hydrogen-bond donors (Lipinski definition) is 1. The van der Waals surface area contributed by atoms with E-state index in [2.05, 4.69) is 10.1 Å². The molecule has 0 aliphatic rings. The quantitative estimate of drug-likeness (QED) is 0.801. The zero-order valence-corrected chi connectivity index (χ0v) is 10.6. The number of fused-ring (bicyclic) bond motifs is 1. The van der Waals surface area contributed by atoms with E-state index in [0.29, 0.717) is 10.9 Å². The number of nitrogens with zero attached hydrogens (tertiary/aromatic N) is 4. The Morgan fingerprint density at radius 3 is 2.81 bits per heavy atom. The van der Waals surface area contributed by atoms with Gasteiger partial charge in [0.25, 0.3) is 0 Å². The summed E-state index contributed by atoms with van der Waals surface area (Å²) in [7, 11) is 0. The van der Waals surface area contributed by atoms with Gasteiger partial charge in [0.1, 0.15) is 5.82 Å². The summed E-state index contributed by atoms with van der Waals surface area (Å²) in [6.45, 7) is -2.74. The van der Waals surface area contributed by atoms with Gasteiger partial charge in [-0.3, -0.25) is 9.25 Å². The molecule has 21 heavy (non-hydrogen) atoms. The lowest BCUT2D eigenvalue weighted by Gasteiger charge is -2.07. The Hall–Kier alpha value is -2.77. The molecule has 8 heteroatoms. The fourth-order valence-corrected chi connectivity index (χ4v) is 2.18. The van der Waals surface area contributed by atoms with Crippen LogP contribution in [0.2, 0.25) is 0 Å². The third-order valence-corrected chi connectivity index (χ3v) is 3.11. The highest BCUT2D eigenvalue weighted by Gasteiger charge is 2.18. The molecule has 0 bridgehead atoms. The second kappa shape index (κ2) is 4.97. The summed E-state index contributed by atoms with van der Waals surface area (Å²) < 4.78 is 27.7. The Morgan fingerprint density at radius 1 is 1.33 bits per heavy atom. The van der Waals surface area contributed by atoms with Crippen LogP contribution >= 0.6 is 0 Å². The van der Waals surface area contributed by atoms with E-state index >= 15 is 0 Å². The largest absolute Gasteiger partial charge is 0.476 e. The van der Waals surface area contributed by atoms with E-state index in [4.69, 9.17) is 5.11 Å². The van der Waals surface area contributed by atoms with E-state index in [0.717, 1.165) is 4.57 Å². The Bertz CT molecular complexity index is 809. The summed E-state index contributed by atoms with van der Waals surface area (Å²) in [6.07, 6.45) is 2.44. The predicted molar refractivity (Wildman–Crippen MR) is 69.3 cm³/mol.